The topological polar surface area (TPSA) is 46.5 Å². The van der Waals surface area contributed by atoms with Crippen LogP contribution in [0.4, 0.5) is 0 Å². The molecule has 0 aliphatic heterocycles. The van der Waals surface area contributed by atoms with Gasteiger partial charge in [0.05, 0.1) is 32.8 Å². The van der Waals surface area contributed by atoms with Gasteiger partial charge in [0.1, 0.15) is 5.75 Å². The lowest BCUT2D eigenvalue weighted by atomic mass is 9.99. The minimum absolute atomic E-state index is 0.00320. The number of hydrogen-bond donors (Lipinski definition) is 1. The van der Waals surface area contributed by atoms with Crippen molar-refractivity contribution >= 4 is 52.4 Å². The van der Waals surface area contributed by atoms with Crippen LogP contribution >= 0.6 is 46.4 Å². The molecule has 0 aliphatic carbocycles. The molecule has 2 aromatic rings. The summed E-state index contributed by atoms with van der Waals surface area (Å²) in [5.41, 5.74) is 0.640. The SMILES string of the molecule is COc1ccc(-c2c(Cl)cc(Cl)c(Cl)c2Cl)c(C(=O)O)c1. The number of carboxylic acid groups (broad SMARTS) is 1. The van der Waals surface area contributed by atoms with E-state index in [1.807, 2.05) is 0 Å². The van der Waals surface area contributed by atoms with Gasteiger partial charge < -0.3 is 9.84 Å². The summed E-state index contributed by atoms with van der Waals surface area (Å²) in [5, 5.41) is 9.97. The van der Waals surface area contributed by atoms with Crippen LogP contribution in [0.1, 0.15) is 10.4 Å². The third-order valence-electron chi connectivity index (χ3n) is 2.84. The van der Waals surface area contributed by atoms with Gasteiger partial charge in [-0.3, -0.25) is 0 Å². The first-order valence-electron chi connectivity index (χ1n) is 5.61. The molecule has 0 bridgehead atoms. The molecule has 2 rings (SSSR count). The van der Waals surface area contributed by atoms with Gasteiger partial charge in [0.25, 0.3) is 0 Å². The van der Waals surface area contributed by atoms with Gasteiger partial charge in [-0.05, 0) is 29.8 Å². The highest BCUT2D eigenvalue weighted by molar-refractivity contribution is 6.51. The molecule has 0 heterocycles. The molecule has 0 amide bonds. The van der Waals surface area contributed by atoms with Crippen LogP contribution in [0.5, 0.6) is 5.75 Å². The Kier molecular flexibility index (Phi) is 4.89. The van der Waals surface area contributed by atoms with Crippen molar-refractivity contribution < 1.29 is 14.6 Å². The minimum Gasteiger partial charge on any atom is -0.497 e. The van der Waals surface area contributed by atoms with Gasteiger partial charge in [-0.1, -0.05) is 46.4 Å². The second-order valence-electron chi connectivity index (χ2n) is 4.06. The highest BCUT2D eigenvalue weighted by Gasteiger charge is 2.21. The Labute approximate surface area is 141 Å². The molecule has 0 atom stereocenters. The molecule has 3 nitrogen and oxygen atoms in total. The Morgan fingerprint density at radius 2 is 1.71 bits per heavy atom. The van der Waals surface area contributed by atoms with Gasteiger partial charge in [-0.2, -0.15) is 0 Å². The second-order valence-corrected chi connectivity index (χ2v) is 5.63. The molecule has 0 unspecified atom stereocenters. The predicted molar refractivity (Wildman–Crippen MR) is 85.4 cm³/mol. The monoisotopic (exact) mass is 364 g/mol. The Morgan fingerprint density at radius 1 is 1.05 bits per heavy atom. The smallest absolute Gasteiger partial charge is 0.336 e. The van der Waals surface area contributed by atoms with E-state index in [2.05, 4.69) is 0 Å². The van der Waals surface area contributed by atoms with Gasteiger partial charge in [-0.15, -0.1) is 0 Å². The number of benzene rings is 2. The number of ether oxygens (including phenoxy) is 1. The Hall–Kier alpha value is -1.13. The maximum Gasteiger partial charge on any atom is 0.336 e. The van der Waals surface area contributed by atoms with Gasteiger partial charge in [0.2, 0.25) is 0 Å². The number of hydrogen-bond acceptors (Lipinski definition) is 2. The van der Waals surface area contributed by atoms with Crippen molar-refractivity contribution in [2.75, 3.05) is 7.11 Å². The van der Waals surface area contributed by atoms with E-state index >= 15 is 0 Å². The summed E-state index contributed by atoms with van der Waals surface area (Å²) in [4.78, 5) is 11.4. The molecule has 0 aliphatic rings. The number of carboxylic acids is 1. The van der Waals surface area contributed by atoms with E-state index in [0.29, 0.717) is 16.9 Å². The van der Waals surface area contributed by atoms with Crippen molar-refractivity contribution in [3.8, 4) is 16.9 Å². The summed E-state index contributed by atoms with van der Waals surface area (Å²) in [7, 11) is 1.44. The van der Waals surface area contributed by atoms with Crippen molar-refractivity contribution in [1.29, 1.82) is 0 Å². The lowest BCUT2D eigenvalue weighted by Gasteiger charge is -2.13. The molecule has 0 spiro atoms. The molecule has 1 N–H and O–H groups in total. The van der Waals surface area contributed by atoms with E-state index in [4.69, 9.17) is 51.1 Å². The first-order valence-corrected chi connectivity index (χ1v) is 7.12. The van der Waals surface area contributed by atoms with E-state index in [-0.39, 0.29) is 25.7 Å². The molecule has 21 heavy (non-hydrogen) atoms. The summed E-state index contributed by atoms with van der Waals surface area (Å²) in [5.74, 6) is -0.731. The van der Waals surface area contributed by atoms with Gasteiger partial charge in [0.15, 0.2) is 0 Å². The lowest BCUT2D eigenvalue weighted by Crippen LogP contribution is -2.01. The molecule has 110 valence electrons. The van der Waals surface area contributed by atoms with Crippen LogP contribution in [0.2, 0.25) is 20.1 Å². The summed E-state index contributed by atoms with van der Waals surface area (Å²) < 4.78 is 5.02. The van der Waals surface area contributed by atoms with Crippen molar-refractivity contribution in [1.82, 2.24) is 0 Å². The largest absolute Gasteiger partial charge is 0.497 e. The fourth-order valence-electron chi connectivity index (χ4n) is 1.86. The third kappa shape index (κ3) is 3.06. The summed E-state index contributed by atoms with van der Waals surface area (Å²) in [6, 6.07) is 5.96. The highest BCUT2D eigenvalue weighted by Crippen LogP contribution is 2.44. The summed E-state index contributed by atoms with van der Waals surface area (Å²) >= 11 is 24.2. The molecule has 0 radical (unpaired) electrons. The Balaban J connectivity index is 2.79. The molecule has 7 heteroatoms. The third-order valence-corrected chi connectivity index (χ3v) is 4.40. The van der Waals surface area contributed by atoms with Crippen molar-refractivity contribution in [2.24, 2.45) is 0 Å². The van der Waals surface area contributed by atoms with Crippen LogP contribution in [0.25, 0.3) is 11.1 Å². The van der Waals surface area contributed by atoms with E-state index < -0.39 is 5.97 Å². The first kappa shape index (κ1) is 16.2. The zero-order chi connectivity index (χ0) is 15.7. The van der Waals surface area contributed by atoms with Crippen LogP contribution in [0.3, 0.4) is 0 Å². The fraction of sp³-hybridized carbons (Fsp3) is 0.0714. The normalized spacial score (nSPS) is 10.5. The van der Waals surface area contributed by atoms with Gasteiger partial charge in [0, 0.05) is 5.56 Å². The number of methoxy groups -OCH3 is 1. The number of carbonyl (C=O) groups is 1. The number of aromatic carboxylic acids is 1. The highest BCUT2D eigenvalue weighted by atomic mass is 35.5. The Morgan fingerprint density at radius 3 is 2.29 bits per heavy atom. The van der Waals surface area contributed by atoms with Crippen LogP contribution in [-0.4, -0.2) is 18.2 Å². The predicted octanol–water partition coefficient (Wildman–Crippen LogP) is 5.67. The lowest BCUT2D eigenvalue weighted by molar-refractivity contribution is 0.0697. The van der Waals surface area contributed by atoms with Crippen molar-refractivity contribution in [3.05, 3.63) is 49.9 Å². The quantitative estimate of drug-likeness (QED) is 0.562. The van der Waals surface area contributed by atoms with Gasteiger partial charge in [-0.25, -0.2) is 4.79 Å². The number of halogens is 4. The standard InChI is InChI=1S/C14H8Cl4O3/c1-21-6-2-3-7(8(4-6)14(19)20)11-9(15)5-10(16)12(17)13(11)18/h2-5H,1H3,(H,19,20). The van der Waals surface area contributed by atoms with Crippen LogP contribution < -0.4 is 4.74 Å². The molecule has 0 aromatic heterocycles. The first-order chi connectivity index (χ1) is 9.86. The maximum atomic E-state index is 11.4. The average Bonchev–Trinajstić information content (AvgIpc) is 2.45. The van der Waals surface area contributed by atoms with Gasteiger partial charge >= 0.3 is 5.97 Å². The number of rotatable bonds is 3. The molecule has 2 aromatic carbocycles. The van der Waals surface area contributed by atoms with E-state index in [1.54, 1.807) is 12.1 Å². The molecular weight excluding hydrogens is 358 g/mol. The Bertz CT molecular complexity index is 729. The molecular formula is C14H8Cl4O3. The van der Waals surface area contributed by atoms with Crippen LogP contribution in [0, 0.1) is 0 Å². The minimum atomic E-state index is -1.14. The zero-order valence-electron chi connectivity index (χ0n) is 10.6. The molecule has 0 saturated heterocycles. The van der Waals surface area contributed by atoms with E-state index in [0.717, 1.165) is 0 Å². The van der Waals surface area contributed by atoms with Crippen LogP contribution in [-0.2, 0) is 0 Å². The van der Waals surface area contributed by atoms with Crippen LogP contribution in [0.15, 0.2) is 24.3 Å². The zero-order valence-corrected chi connectivity index (χ0v) is 13.6. The summed E-state index contributed by atoms with van der Waals surface area (Å²) in [6.07, 6.45) is 0. The molecule has 0 saturated carbocycles. The van der Waals surface area contributed by atoms with Crippen molar-refractivity contribution in [2.45, 2.75) is 0 Å². The maximum absolute atomic E-state index is 11.4. The average molecular weight is 366 g/mol. The molecule has 0 fully saturated rings. The fourth-order valence-corrected chi connectivity index (χ4v) is 2.97. The van der Waals surface area contributed by atoms with E-state index in [9.17, 15) is 9.90 Å². The van der Waals surface area contributed by atoms with E-state index in [1.165, 1.54) is 19.2 Å². The second kappa shape index (κ2) is 6.32. The van der Waals surface area contributed by atoms with Crippen molar-refractivity contribution in [3.63, 3.8) is 0 Å². The summed E-state index contributed by atoms with van der Waals surface area (Å²) in [6.45, 7) is 0.